The van der Waals surface area contributed by atoms with Crippen LogP contribution in [0.3, 0.4) is 0 Å². The molecular formula is C7H9N5. The quantitative estimate of drug-likeness (QED) is 0.625. The Morgan fingerprint density at radius 1 is 1.50 bits per heavy atom. The van der Waals surface area contributed by atoms with Gasteiger partial charge in [0.1, 0.15) is 5.82 Å². The summed E-state index contributed by atoms with van der Waals surface area (Å²) >= 11 is 0. The Kier molecular flexibility index (Phi) is 1.51. The smallest absolute Gasteiger partial charge is 0.197 e. The molecule has 2 rings (SSSR count). The van der Waals surface area contributed by atoms with E-state index in [0.29, 0.717) is 17.8 Å². The third-order valence-electron chi connectivity index (χ3n) is 1.59. The largest absolute Gasteiger partial charge is 0.325 e. The van der Waals surface area contributed by atoms with Crippen molar-refractivity contribution in [3.05, 3.63) is 17.7 Å². The number of nitrogens with zero attached hydrogens (tertiary/aromatic N) is 3. The third kappa shape index (κ3) is 1.04. The lowest BCUT2D eigenvalue weighted by Gasteiger charge is -1.92. The summed E-state index contributed by atoms with van der Waals surface area (Å²) in [5.74, 6) is 0.819. The molecule has 0 unspecified atom stereocenters. The normalized spacial score (nSPS) is 10.8. The van der Waals surface area contributed by atoms with Gasteiger partial charge in [0.25, 0.3) is 0 Å². The molecule has 0 aliphatic heterocycles. The number of aromatic nitrogens is 4. The van der Waals surface area contributed by atoms with Gasteiger partial charge < -0.3 is 10.7 Å². The Labute approximate surface area is 69.1 Å². The van der Waals surface area contributed by atoms with Crippen LogP contribution in [0.25, 0.3) is 11.3 Å². The summed E-state index contributed by atoms with van der Waals surface area (Å²) in [6.07, 6.45) is 1.64. The molecule has 12 heavy (non-hydrogen) atoms. The van der Waals surface area contributed by atoms with Crippen LogP contribution in [0.1, 0.15) is 11.5 Å². The molecule has 0 fully saturated rings. The zero-order valence-corrected chi connectivity index (χ0v) is 6.70. The number of fused-ring (bicyclic) bond motifs is 1. The number of hydrogen-bond donors (Lipinski definition) is 2. The van der Waals surface area contributed by atoms with E-state index in [0.717, 1.165) is 11.5 Å². The topological polar surface area (TPSA) is 80.5 Å². The van der Waals surface area contributed by atoms with E-state index in [9.17, 15) is 0 Å². The van der Waals surface area contributed by atoms with Gasteiger partial charge in [-0.15, -0.1) is 0 Å². The Balaban J connectivity index is 2.66. The van der Waals surface area contributed by atoms with Crippen LogP contribution in [-0.2, 0) is 6.54 Å². The second-order valence-electron chi connectivity index (χ2n) is 2.56. The molecule has 5 heteroatoms. The molecule has 2 aromatic rings. The van der Waals surface area contributed by atoms with Gasteiger partial charge in [-0.2, -0.15) is 0 Å². The molecule has 3 N–H and O–H groups in total. The van der Waals surface area contributed by atoms with Crippen molar-refractivity contribution in [2.75, 3.05) is 0 Å². The van der Waals surface area contributed by atoms with Crippen molar-refractivity contribution < 1.29 is 0 Å². The molecule has 62 valence electrons. The van der Waals surface area contributed by atoms with Crippen LogP contribution in [0.15, 0.2) is 6.20 Å². The molecule has 0 saturated carbocycles. The van der Waals surface area contributed by atoms with Gasteiger partial charge in [-0.1, -0.05) is 0 Å². The first-order chi connectivity index (χ1) is 5.79. The highest BCUT2D eigenvalue weighted by Crippen LogP contribution is 2.04. The molecule has 0 aromatic carbocycles. The molecule has 0 spiro atoms. The van der Waals surface area contributed by atoms with Gasteiger partial charge in [0.2, 0.25) is 0 Å². The summed E-state index contributed by atoms with van der Waals surface area (Å²) in [6, 6.07) is 0. The molecule has 0 amide bonds. The van der Waals surface area contributed by atoms with E-state index < -0.39 is 0 Å². The number of imidazole rings is 1. The maximum atomic E-state index is 5.41. The maximum Gasteiger partial charge on any atom is 0.197 e. The van der Waals surface area contributed by atoms with Crippen molar-refractivity contribution in [2.24, 2.45) is 5.73 Å². The van der Waals surface area contributed by atoms with E-state index in [1.165, 1.54) is 0 Å². The lowest BCUT2D eigenvalue weighted by Crippen LogP contribution is -2.00. The Morgan fingerprint density at radius 2 is 2.33 bits per heavy atom. The minimum Gasteiger partial charge on any atom is -0.325 e. The zero-order chi connectivity index (χ0) is 8.55. The monoisotopic (exact) mass is 163 g/mol. The number of nitrogens with one attached hydrogen (secondary N) is 1. The minimum absolute atomic E-state index is 0.404. The standard InChI is InChI=1S/C7H9N5/c1-4-10-6-7(11-4)12-5(2-8)3-9-6/h3H,2,8H2,1H3,(H,9,10,11,12). The van der Waals surface area contributed by atoms with Gasteiger partial charge in [-0.25, -0.2) is 15.0 Å². The lowest BCUT2D eigenvalue weighted by atomic mass is 10.4. The van der Waals surface area contributed by atoms with Gasteiger partial charge in [-0.3, -0.25) is 0 Å². The van der Waals surface area contributed by atoms with E-state index >= 15 is 0 Å². The summed E-state index contributed by atoms with van der Waals surface area (Å²) in [5, 5.41) is 0. The Hall–Kier alpha value is -1.49. The SMILES string of the molecule is Cc1nc2ncc(CN)nc2[nH]1. The highest BCUT2D eigenvalue weighted by atomic mass is 15.0. The first-order valence-corrected chi connectivity index (χ1v) is 3.68. The van der Waals surface area contributed by atoms with Crippen molar-refractivity contribution in [3.8, 4) is 0 Å². The molecule has 0 bridgehead atoms. The van der Waals surface area contributed by atoms with Crippen LogP contribution < -0.4 is 5.73 Å². The first-order valence-electron chi connectivity index (χ1n) is 3.68. The fourth-order valence-electron chi connectivity index (χ4n) is 1.04. The molecule has 0 aliphatic carbocycles. The number of rotatable bonds is 1. The Bertz CT molecular complexity index is 405. The number of nitrogens with two attached hydrogens (primary N) is 1. The fraction of sp³-hybridized carbons (Fsp3) is 0.286. The molecule has 0 aliphatic rings. The van der Waals surface area contributed by atoms with Gasteiger partial charge in [0.05, 0.1) is 11.9 Å². The van der Waals surface area contributed by atoms with E-state index in [4.69, 9.17) is 5.73 Å². The number of hydrogen-bond acceptors (Lipinski definition) is 4. The Morgan fingerprint density at radius 3 is 3.08 bits per heavy atom. The predicted molar refractivity (Wildman–Crippen MR) is 44.3 cm³/mol. The molecular weight excluding hydrogens is 154 g/mol. The van der Waals surface area contributed by atoms with E-state index in [1.54, 1.807) is 6.20 Å². The second-order valence-corrected chi connectivity index (χ2v) is 2.56. The van der Waals surface area contributed by atoms with E-state index in [1.807, 2.05) is 6.92 Å². The predicted octanol–water partition coefficient (Wildman–Crippen LogP) is 0.120. The lowest BCUT2D eigenvalue weighted by molar-refractivity contribution is 0.981. The summed E-state index contributed by atoms with van der Waals surface area (Å²) in [7, 11) is 0. The molecule has 2 heterocycles. The second kappa shape index (κ2) is 2.53. The van der Waals surface area contributed by atoms with Gasteiger partial charge in [-0.05, 0) is 6.92 Å². The van der Waals surface area contributed by atoms with Gasteiger partial charge >= 0.3 is 0 Å². The van der Waals surface area contributed by atoms with Crippen molar-refractivity contribution in [1.82, 2.24) is 19.9 Å². The van der Waals surface area contributed by atoms with Crippen molar-refractivity contribution in [3.63, 3.8) is 0 Å². The highest BCUT2D eigenvalue weighted by Gasteiger charge is 2.01. The van der Waals surface area contributed by atoms with Crippen LogP contribution in [0, 0.1) is 6.92 Å². The van der Waals surface area contributed by atoms with Crippen molar-refractivity contribution >= 4 is 11.3 Å². The summed E-state index contributed by atoms with van der Waals surface area (Å²) in [6.45, 7) is 2.27. The number of aromatic amines is 1. The number of H-pyrrole nitrogens is 1. The fourth-order valence-corrected chi connectivity index (χ4v) is 1.04. The molecule has 5 nitrogen and oxygen atoms in total. The molecule has 0 saturated heterocycles. The summed E-state index contributed by atoms with van der Waals surface area (Å²) < 4.78 is 0. The summed E-state index contributed by atoms with van der Waals surface area (Å²) in [5.41, 5.74) is 7.53. The minimum atomic E-state index is 0.404. The zero-order valence-electron chi connectivity index (χ0n) is 6.70. The van der Waals surface area contributed by atoms with Crippen LogP contribution in [-0.4, -0.2) is 19.9 Å². The third-order valence-corrected chi connectivity index (χ3v) is 1.59. The first kappa shape index (κ1) is 7.17. The van der Waals surface area contributed by atoms with Crippen LogP contribution in [0.5, 0.6) is 0 Å². The van der Waals surface area contributed by atoms with Gasteiger partial charge in [0.15, 0.2) is 11.3 Å². The van der Waals surface area contributed by atoms with Crippen LogP contribution >= 0.6 is 0 Å². The number of aryl methyl sites for hydroxylation is 1. The summed E-state index contributed by atoms with van der Waals surface area (Å²) in [4.78, 5) is 15.4. The highest BCUT2D eigenvalue weighted by molar-refractivity contribution is 5.64. The van der Waals surface area contributed by atoms with Crippen molar-refractivity contribution in [1.29, 1.82) is 0 Å². The van der Waals surface area contributed by atoms with Crippen LogP contribution in [0.4, 0.5) is 0 Å². The van der Waals surface area contributed by atoms with Crippen molar-refractivity contribution in [2.45, 2.75) is 13.5 Å². The molecule has 0 radical (unpaired) electrons. The van der Waals surface area contributed by atoms with Gasteiger partial charge in [0, 0.05) is 6.54 Å². The van der Waals surface area contributed by atoms with Crippen LogP contribution in [0.2, 0.25) is 0 Å². The maximum absolute atomic E-state index is 5.41. The molecule has 2 aromatic heterocycles. The molecule has 0 atom stereocenters. The van der Waals surface area contributed by atoms with E-state index in [-0.39, 0.29) is 0 Å². The van der Waals surface area contributed by atoms with E-state index in [2.05, 4.69) is 19.9 Å². The average molecular weight is 163 g/mol. The average Bonchev–Trinajstić information content (AvgIpc) is 2.43.